The van der Waals surface area contributed by atoms with Crippen molar-refractivity contribution in [2.75, 3.05) is 5.73 Å². The number of nitrogens with one attached hydrogen (secondary N) is 2. The number of rotatable bonds is 5. The van der Waals surface area contributed by atoms with Crippen molar-refractivity contribution in [3.05, 3.63) is 53.1 Å². The molecule has 3 rings (SSSR count). The van der Waals surface area contributed by atoms with E-state index < -0.39 is 0 Å². The highest BCUT2D eigenvalue weighted by Gasteiger charge is 2.38. The molecule has 0 bridgehead atoms. The Labute approximate surface area is 180 Å². The lowest BCUT2D eigenvalue weighted by Crippen LogP contribution is -2.62. The number of amides is 1. The van der Waals surface area contributed by atoms with E-state index in [-0.39, 0.29) is 23.0 Å². The van der Waals surface area contributed by atoms with Crippen molar-refractivity contribution in [1.82, 2.24) is 10.6 Å². The second kappa shape index (κ2) is 8.31. The van der Waals surface area contributed by atoms with Gasteiger partial charge in [0.05, 0.1) is 5.69 Å². The summed E-state index contributed by atoms with van der Waals surface area (Å²) in [6, 6.07) is 11.5. The molecule has 0 spiro atoms. The van der Waals surface area contributed by atoms with Crippen molar-refractivity contribution in [3.63, 3.8) is 0 Å². The summed E-state index contributed by atoms with van der Waals surface area (Å²) in [6.07, 6.45) is 2.65. The number of carbonyl (C=O) groups excluding carboxylic acids is 1. The van der Waals surface area contributed by atoms with Gasteiger partial charge in [-0.15, -0.1) is 0 Å². The molecule has 1 amide bonds. The predicted molar refractivity (Wildman–Crippen MR) is 123 cm³/mol. The minimum absolute atomic E-state index is 0.0136. The predicted octanol–water partition coefficient (Wildman–Crippen LogP) is 4.97. The molecule has 1 fully saturated rings. The fraction of sp³-hybridized carbons (Fsp3) is 0.480. The van der Waals surface area contributed by atoms with Gasteiger partial charge >= 0.3 is 0 Å². The van der Waals surface area contributed by atoms with Gasteiger partial charge in [0.25, 0.3) is 5.91 Å². The Kier molecular flexibility index (Phi) is 6.14. The first kappa shape index (κ1) is 22.2. The van der Waals surface area contributed by atoms with E-state index in [2.05, 4.69) is 45.3 Å². The number of para-hydroxylation sites is 1. The molecule has 1 aliphatic rings. The fourth-order valence-corrected chi connectivity index (χ4v) is 4.70. The van der Waals surface area contributed by atoms with Gasteiger partial charge in [0.2, 0.25) is 0 Å². The monoisotopic (exact) mass is 409 g/mol. The lowest BCUT2D eigenvalue weighted by atomic mass is 9.79. The van der Waals surface area contributed by atoms with Crippen molar-refractivity contribution in [3.8, 4) is 11.5 Å². The van der Waals surface area contributed by atoms with Crippen LogP contribution in [-0.2, 0) is 6.42 Å². The molecule has 2 aromatic rings. The molecule has 1 heterocycles. The maximum absolute atomic E-state index is 12.9. The molecule has 1 aliphatic heterocycles. The molecule has 30 heavy (non-hydrogen) atoms. The summed E-state index contributed by atoms with van der Waals surface area (Å²) in [5.74, 6) is 1.31. The molecule has 0 aromatic heterocycles. The zero-order valence-corrected chi connectivity index (χ0v) is 19.1. The summed E-state index contributed by atoms with van der Waals surface area (Å²) in [5.41, 5.74) is 9.47. The zero-order chi connectivity index (χ0) is 22.1. The topological polar surface area (TPSA) is 76.4 Å². The van der Waals surface area contributed by atoms with Crippen LogP contribution in [0.4, 0.5) is 5.69 Å². The number of nitrogens with two attached hydrogens (primary N) is 1. The van der Waals surface area contributed by atoms with Crippen LogP contribution < -0.4 is 21.1 Å². The van der Waals surface area contributed by atoms with Gasteiger partial charge in [-0.2, -0.15) is 0 Å². The summed E-state index contributed by atoms with van der Waals surface area (Å²) in [6.45, 7) is 12.7. The molecule has 0 unspecified atom stereocenters. The van der Waals surface area contributed by atoms with Crippen LogP contribution in [0.1, 0.15) is 68.9 Å². The number of ether oxygens (including phenoxy) is 1. The molecular formula is C25H35N3O2. The third-order valence-corrected chi connectivity index (χ3v) is 5.72. The average Bonchev–Trinajstić information content (AvgIpc) is 2.62. The van der Waals surface area contributed by atoms with Crippen LogP contribution in [-0.4, -0.2) is 23.0 Å². The van der Waals surface area contributed by atoms with E-state index in [0.717, 1.165) is 30.4 Å². The van der Waals surface area contributed by atoms with Gasteiger partial charge in [0.1, 0.15) is 5.75 Å². The molecule has 5 heteroatoms. The molecule has 2 aromatic carbocycles. The van der Waals surface area contributed by atoms with Crippen LogP contribution in [0.25, 0.3) is 0 Å². The van der Waals surface area contributed by atoms with E-state index in [4.69, 9.17) is 10.5 Å². The summed E-state index contributed by atoms with van der Waals surface area (Å²) in [5, 5.41) is 6.88. The minimum Gasteiger partial charge on any atom is -0.455 e. The quantitative estimate of drug-likeness (QED) is 0.609. The van der Waals surface area contributed by atoms with Gasteiger partial charge in [0, 0.05) is 22.7 Å². The number of hydrogen-bond donors (Lipinski definition) is 3. The van der Waals surface area contributed by atoms with Crippen LogP contribution in [0, 0.1) is 6.92 Å². The normalized spacial score (nSPS) is 18.1. The molecule has 4 N–H and O–H groups in total. The minimum atomic E-state index is -0.0457. The van der Waals surface area contributed by atoms with Crippen LogP contribution in [0.2, 0.25) is 0 Å². The lowest BCUT2D eigenvalue weighted by molar-refractivity contribution is 0.0873. The van der Waals surface area contributed by atoms with E-state index in [1.165, 1.54) is 0 Å². The van der Waals surface area contributed by atoms with Gasteiger partial charge in [-0.1, -0.05) is 19.1 Å². The molecule has 0 aliphatic carbocycles. The Hall–Kier alpha value is -2.53. The van der Waals surface area contributed by atoms with Crippen LogP contribution in [0.5, 0.6) is 11.5 Å². The van der Waals surface area contributed by atoms with Gasteiger partial charge in [0.15, 0.2) is 5.75 Å². The van der Waals surface area contributed by atoms with Crippen molar-refractivity contribution in [2.24, 2.45) is 0 Å². The third kappa shape index (κ3) is 5.14. The number of carbonyl (C=O) groups is 1. The Balaban J connectivity index is 1.73. The van der Waals surface area contributed by atoms with Crippen molar-refractivity contribution in [2.45, 2.75) is 77.9 Å². The SMILES string of the molecule is CCc1cccc(Oc2ccc(C(=O)NC3CC(C)(C)NC(C)(C)C3)cc2C)c1N. The third-order valence-electron chi connectivity index (χ3n) is 5.72. The summed E-state index contributed by atoms with van der Waals surface area (Å²) in [4.78, 5) is 12.9. The lowest BCUT2D eigenvalue weighted by Gasteiger charge is -2.46. The van der Waals surface area contributed by atoms with E-state index in [1.54, 1.807) is 0 Å². The van der Waals surface area contributed by atoms with Gasteiger partial charge in [-0.25, -0.2) is 0 Å². The first-order valence-corrected chi connectivity index (χ1v) is 10.8. The first-order valence-electron chi connectivity index (χ1n) is 10.8. The Morgan fingerprint density at radius 3 is 2.40 bits per heavy atom. The van der Waals surface area contributed by atoms with Crippen molar-refractivity contribution >= 4 is 11.6 Å². The van der Waals surface area contributed by atoms with E-state index in [1.807, 2.05) is 43.3 Å². The Bertz CT molecular complexity index is 918. The number of anilines is 1. The highest BCUT2D eigenvalue weighted by molar-refractivity contribution is 5.94. The van der Waals surface area contributed by atoms with Gasteiger partial charge < -0.3 is 21.1 Å². The molecule has 1 saturated heterocycles. The number of nitrogen functional groups attached to an aromatic ring is 1. The molecule has 0 radical (unpaired) electrons. The number of benzene rings is 2. The molecule has 162 valence electrons. The van der Waals surface area contributed by atoms with Crippen LogP contribution >= 0.6 is 0 Å². The average molecular weight is 410 g/mol. The summed E-state index contributed by atoms with van der Waals surface area (Å²) >= 11 is 0. The second-order valence-electron chi connectivity index (χ2n) is 9.74. The first-order chi connectivity index (χ1) is 14.0. The number of piperidine rings is 1. The van der Waals surface area contributed by atoms with E-state index in [0.29, 0.717) is 22.7 Å². The highest BCUT2D eigenvalue weighted by Crippen LogP contribution is 2.33. The summed E-state index contributed by atoms with van der Waals surface area (Å²) in [7, 11) is 0. The number of hydrogen-bond acceptors (Lipinski definition) is 4. The van der Waals surface area contributed by atoms with E-state index >= 15 is 0 Å². The van der Waals surface area contributed by atoms with Crippen molar-refractivity contribution < 1.29 is 9.53 Å². The molecule has 0 atom stereocenters. The largest absolute Gasteiger partial charge is 0.455 e. The fourth-order valence-electron chi connectivity index (χ4n) is 4.70. The summed E-state index contributed by atoms with van der Waals surface area (Å²) < 4.78 is 6.06. The molecule has 0 saturated carbocycles. The van der Waals surface area contributed by atoms with Gasteiger partial charge in [-0.3, -0.25) is 4.79 Å². The van der Waals surface area contributed by atoms with Crippen LogP contribution in [0.15, 0.2) is 36.4 Å². The maximum atomic E-state index is 12.9. The molecular weight excluding hydrogens is 374 g/mol. The Morgan fingerprint density at radius 2 is 1.80 bits per heavy atom. The second-order valence-corrected chi connectivity index (χ2v) is 9.74. The van der Waals surface area contributed by atoms with Crippen molar-refractivity contribution in [1.29, 1.82) is 0 Å². The maximum Gasteiger partial charge on any atom is 0.251 e. The standard InChI is InChI=1S/C25H35N3O2/c1-7-17-9-8-10-21(22(17)26)30-20-12-11-18(13-16(20)2)23(29)27-19-14-24(3,4)28-25(5,6)15-19/h8-13,19,28H,7,14-15,26H2,1-6H3,(H,27,29). The van der Waals surface area contributed by atoms with Gasteiger partial charge in [-0.05, 0) is 89.3 Å². The van der Waals surface area contributed by atoms with E-state index in [9.17, 15) is 4.79 Å². The number of aryl methyl sites for hydroxylation is 2. The highest BCUT2D eigenvalue weighted by atomic mass is 16.5. The molecule has 5 nitrogen and oxygen atoms in total. The smallest absolute Gasteiger partial charge is 0.251 e. The Morgan fingerprint density at radius 1 is 1.13 bits per heavy atom. The van der Waals surface area contributed by atoms with Crippen LogP contribution in [0.3, 0.4) is 0 Å². The zero-order valence-electron chi connectivity index (χ0n) is 19.1.